The van der Waals surface area contributed by atoms with Crippen molar-refractivity contribution in [2.24, 2.45) is 5.73 Å². The van der Waals surface area contributed by atoms with Gasteiger partial charge in [-0.3, -0.25) is 24.2 Å². The molecule has 2 unspecified atom stereocenters. The number of rotatable bonds is 15. The number of carbonyl (C=O) groups is 5. The van der Waals surface area contributed by atoms with Gasteiger partial charge in [0.25, 0.3) is 0 Å². The number of esters is 3. The van der Waals surface area contributed by atoms with Crippen molar-refractivity contribution in [3.8, 4) is 0 Å². The second-order valence-electron chi connectivity index (χ2n) is 21.8. The van der Waals surface area contributed by atoms with Gasteiger partial charge in [-0.05, 0) is 149 Å². The average Bonchev–Trinajstić information content (AvgIpc) is 4.12. The van der Waals surface area contributed by atoms with E-state index in [2.05, 4.69) is 0 Å². The van der Waals surface area contributed by atoms with Crippen LogP contribution in [0.15, 0.2) is 72.8 Å². The first-order valence-corrected chi connectivity index (χ1v) is 27.2. The predicted molar refractivity (Wildman–Crippen MR) is 333 cm³/mol. The summed E-state index contributed by atoms with van der Waals surface area (Å²) in [4.78, 5) is 64.3. The standard InChI is InChI=1S/C22H33NO5.C20H29NO5.C14H21NO3.C4H8O.CH4.3H2S/c1-8-17(19(24)26-9-2)15-10-12-16(13-11-15)18-14-27-22(6,7)23(18)20(25)28-21(3,4)5;1-7-24-17(22)12-14-8-10-15(11-9-14)16-13-25-20(5,6)21(16)18(23)26-19(2,3)4;1-3-12(14(17)18-4-2)10-5-7-11(8-6-10)13(15)9-16;1-2-4-5-3-1;;;;/h10-13,17-18H,8-9,14H2,1-7H3;8-11,16H,7,12-13H2,1-6H3;5-8,12-13,16H,3-4,9,15H2,1-2H3;1-4H2;1H4;3*1H2/t17?,18-;16-;12?,13-;;;;;/m111...../s1. The van der Waals surface area contributed by atoms with Crippen LogP contribution in [0.1, 0.15) is 200 Å². The van der Waals surface area contributed by atoms with Crippen LogP contribution in [0.5, 0.6) is 0 Å². The first-order valence-electron chi connectivity index (χ1n) is 27.2. The molecule has 462 valence electrons. The van der Waals surface area contributed by atoms with Crippen LogP contribution in [0.25, 0.3) is 0 Å². The molecule has 81 heavy (non-hydrogen) atoms. The number of ether oxygens (including phenoxy) is 8. The summed E-state index contributed by atoms with van der Waals surface area (Å²) in [5.41, 5.74) is 8.48. The van der Waals surface area contributed by atoms with Gasteiger partial charge >= 0.3 is 30.1 Å². The van der Waals surface area contributed by atoms with E-state index in [0.29, 0.717) is 45.9 Å². The zero-order valence-corrected chi connectivity index (χ0v) is 53.2. The predicted octanol–water partition coefficient (Wildman–Crippen LogP) is 12.1. The molecule has 0 bridgehead atoms. The number of aliphatic hydroxyl groups excluding tert-OH is 1. The summed E-state index contributed by atoms with van der Waals surface area (Å²) >= 11 is 0. The highest BCUT2D eigenvalue weighted by Gasteiger charge is 2.47. The fraction of sp³-hybridized carbons (Fsp3) is 0.623. The van der Waals surface area contributed by atoms with Crippen molar-refractivity contribution in [1.29, 1.82) is 0 Å². The Bertz CT molecular complexity index is 2300. The van der Waals surface area contributed by atoms with E-state index in [1.807, 2.05) is 156 Å². The van der Waals surface area contributed by atoms with Crippen molar-refractivity contribution in [2.75, 3.05) is 52.9 Å². The topological polar surface area (TPSA) is 212 Å². The molecule has 3 aliphatic rings. The zero-order valence-electron chi connectivity index (χ0n) is 50.2. The zero-order chi connectivity index (χ0) is 57.7. The molecule has 3 fully saturated rings. The summed E-state index contributed by atoms with van der Waals surface area (Å²) in [6.07, 6.45) is 3.35. The Morgan fingerprint density at radius 2 is 0.938 bits per heavy atom. The molecule has 3 saturated heterocycles. The van der Waals surface area contributed by atoms with Gasteiger partial charge in [0.1, 0.15) is 22.7 Å². The fourth-order valence-corrected chi connectivity index (χ4v) is 8.75. The molecule has 3 aliphatic heterocycles. The molecule has 0 aromatic heterocycles. The lowest BCUT2D eigenvalue weighted by Crippen LogP contribution is -2.47. The summed E-state index contributed by atoms with van der Waals surface area (Å²) in [6.45, 7) is 31.6. The molecule has 3 heterocycles. The van der Waals surface area contributed by atoms with E-state index in [9.17, 15) is 24.0 Å². The van der Waals surface area contributed by atoms with E-state index >= 15 is 0 Å². The lowest BCUT2D eigenvalue weighted by atomic mass is 9.94. The third kappa shape index (κ3) is 25.1. The molecule has 20 heteroatoms. The van der Waals surface area contributed by atoms with Crippen molar-refractivity contribution >= 4 is 70.6 Å². The summed E-state index contributed by atoms with van der Waals surface area (Å²) in [5, 5.41) is 8.97. The van der Waals surface area contributed by atoms with Crippen LogP contribution in [0.2, 0.25) is 0 Å². The molecule has 3 aromatic carbocycles. The average molecular weight is 1200 g/mol. The van der Waals surface area contributed by atoms with Gasteiger partial charge in [-0.2, -0.15) is 40.5 Å². The minimum atomic E-state index is -0.761. The maximum absolute atomic E-state index is 12.8. The second kappa shape index (κ2) is 36.9. The maximum Gasteiger partial charge on any atom is 0.413 e. The first kappa shape index (κ1) is 78.5. The third-order valence-electron chi connectivity index (χ3n) is 12.6. The van der Waals surface area contributed by atoms with Crippen molar-refractivity contribution in [2.45, 2.75) is 196 Å². The number of carbonyl (C=O) groups excluding carboxylic acids is 5. The van der Waals surface area contributed by atoms with Crippen LogP contribution in [0.4, 0.5) is 9.59 Å². The largest absolute Gasteiger partial charge is 0.466 e. The van der Waals surface area contributed by atoms with Crippen LogP contribution in [-0.4, -0.2) is 121 Å². The highest BCUT2D eigenvalue weighted by atomic mass is 32.1. The molecule has 17 nitrogen and oxygen atoms in total. The van der Waals surface area contributed by atoms with Gasteiger partial charge in [0.15, 0.2) is 0 Å². The number of hydrogen-bond acceptors (Lipinski definition) is 15. The highest BCUT2D eigenvalue weighted by molar-refractivity contribution is 7.59. The summed E-state index contributed by atoms with van der Waals surface area (Å²) in [5.74, 6) is -1.17. The van der Waals surface area contributed by atoms with E-state index in [0.717, 1.165) is 46.6 Å². The SMILES string of the molecule is C.C1CCOC1.CCOC(=O)C(CC)c1ccc([C@H](N)CO)cc1.CCOC(=O)C(CC)c1ccc([C@H]2COC(C)(C)N2C(=O)OC(C)(C)C)cc1.CCOC(=O)Cc1ccc([C@H]2COC(C)(C)N2C(=O)OC(C)(C)C)cc1.S.S.S. The van der Waals surface area contributed by atoms with Gasteiger partial charge in [-0.25, -0.2) is 9.59 Å². The Morgan fingerprint density at radius 1 is 0.593 bits per heavy atom. The summed E-state index contributed by atoms with van der Waals surface area (Å²) < 4.78 is 43.0. The molecule has 0 aliphatic carbocycles. The molecule has 0 saturated carbocycles. The van der Waals surface area contributed by atoms with Crippen molar-refractivity contribution < 1.29 is 67.0 Å². The van der Waals surface area contributed by atoms with Gasteiger partial charge in [0.2, 0.25) is 0 Å². The van der Waals surface area contributed by atoms with Gasteiger partial charge in [-0.15, -0.1) is 0 Å². The number of nitrogens with zero attached hydrogens (tertiary/aromatic N) is 2. The van der Waals surface area contributed by atoms with E-state index in [1.54, 1.807) is 30.6 Å². The molecule has 0 spiro atoms. The van der Waals surface area contributed by atoms with Crippen molar-refractivity contribution in [3.63, 3.8) is 0 Å². The third-order valence-corrected chi connectivity index (χ3v) is 12.6. The van der Waals surface area contributed by atoms with E-state index in [4.69, 9.17) is 48.7 Å². The lowest BCUT2D eigenvalue weighted by molar-refractivity contribution is -0.146. The Balaban J connectivity index is 0. The number of benzene rings is 3. The number of hydrogen-bond donors (Lipinski definition) is 2. The molecule has 2 amide bonds. The molecule has 3 aromatic rings. The van der Waals surface area contributed by atoms with Crippen LogP contribution in [-0.2, 0) is 58.7 Å². The summed E-state index contributed by atoms with van der Waals surface area (Å²) in [6, 6.07) is 21.9. The van der Waals surface area contributed by atoms with E-state index < -0.39 is 34.8 Å². The minimum Gasteiger partial charge on any atom is -0.466 e. The normalized spacial score (nSPS) is 17.7. The smallest absolute Gasteiger partial charge is 0.413 e. The van der Waals surface area contributed by atoms with Crippen LogP contribution < -0.4 is 5.73 Å². The fourth-order valence-electron chi connectivity index (χ4n) is 8.75. The molecule has 5 atom stereocenters. The van der Waals surface area contributed by atoms with Crippen LogP contribution in [0.3, 0.4) is 0 Å². The number of nitrogens with two attached hydrogens (primary N) is 1. The monoisotopic (exact) mass is 1200 g/mol. The quantitative estimate of drug-likeness (QED) is 0.107. The van der Waals surface area contributed by atoms with Gasteiger partial charge < -0.3 is 48.7 Å². The minimum absolute atomic E-state index is 0. The Kier molecular flexibility index (Phi) is 35.8. The Labute approximate surface area is 505 Å². The van der Waals surface area contributed by atoms with Gasteiger partial charge in [0, 0.05) is 13.2 Å². The van der Waals surface area contributed by atoms with Crippen LogP contribution >= 0.6 is 40.5 Å². The maximum atomic E-state index is 12.8. The van der Waals surface area contributed by atoms with Crippen molar-refractivity contribution in [1.82, 2.24) is 9.80 Å². The van der Waals surface area contributed by atoms with E-state index in [1.165, 1.54) is 12.8 Å². The molecular formula is C61H101N3O14S3. The molecule has 6 rings (SSSR count). The highest BCUT2D eigenvalue weighted by Crippen LogP contribution is 2.40. The summed E-state index contributed by atoms with van der Waals surface area (Å²) in [7, 11) is 0. The number of amides is 2. The Morgan fingerprint density at radius 3 is 1.25 bits per heavy atom. The van der Waals surface area contributed by atoms with Crippen molar-refractivity contribution in [3.05, 3.63) is 106 Å². The van der Waals surface area contributed by atoms with Crippen LogP contribution in [0, 0.1) is 0 Å². The van der Waals surface area contributed by atoms with Gasteiger partial charge in [0.05, 0.1) is 76.0 Å². The number of aliphatic hydroxyl groups is 1. The molecule has 0 radical (unpaired) electrons. The molecular weight excluding hydrogens is 1090 g/mol. The Hall–Kier alpha value is -4.54. The van der Waals surface area contributed by atoms with E-state index in [-0.39, 0.29) is 109 Å². The second-order valence-corrected chi connectivity index (χ2v) is 21.8. The molecule has 3 N–H and O–H groups in total. The first-order chi connectivity index (χ1) is 36.2. The lowest BCUT2D eigenvalue weighted by Gasteiger charge is -2.35. The van der Waals surface area contributed by atoms with Gasteiger partial charge in [-0.1, -0.05) is 94.1 Å².